The second-order valence-corrected chi connectivity index (χ2v) is 3.57. The minimum atomic E-state index is 0.731. The van der Waals surface area contributed by atoms with Gasteiger partial charge in [-0.15, -0.1) is 11.3 Å². The van der Waals surface area contributed by atoms with E-state index < -0.39 is 0 Å². The zero-order valence-corrected chi connectivity index (χ0v) is 8.08. The zero-order chi connectivity index (χ0) is 9.10. The Hall–Kier alpha value is -1.36. The summed E-state index contributed by atoms with van der Waals surface area (Å²) in [6.45, 7) is 0.731. The molecule has 2 rings (SSSR count). The Labute approximate surface area is 80.2 Å². The van der Waals surface area contributed by atoms with Crippen LogP contribution in [0.25, 0.3) is 0 Å². The summed E-state index contributed by atoms with van der Waals surface area (Å²) in [7, 11) is 1.91. The molecule has 0 aliphatic carbocycles. The van der Waals surface area contributed by atoms with Crippen LogP contribution in [0.4, 0.5) is 5.13 Å². The Balaban J connectivity index is 1.93. The number of rotatable bonds is 3. The number of hydrogen-bond acceptors (Lipinski definition) is 4. The van der Waals surface area contributed by atoms with Gasteiger partial charge in [0, 0.05) is 24.8 Å². The van der Waals surface area contributed by atoms with E-state index >= 15 is 0 Å². The van der Waals surface area contributed by atoms with Gasteiger partial charge in [0.15, 0.2) is 5.13 Å². The zero-order valence-electron chi connectivity index (χ0n) is 7.27. The highest BCUT2D eigenvalue weighted by molar-refractivity contribution is 7.13. The molecule has 5 heteroatoms. The third kappa shape index (κ3) is 2.06. The Morgan fingerprint density at radius 1 is 1.62 bits per heavy atom. The van der Waals surface area contributed by atoms with Crippen molar-refractivity contribution in [2.24, 2.45) is 7.05 Å². The molecule has 0 saturated heterocycles. The van der Waals surface area contributed by atoms with Crippen molar-refractivity contribution < 1.29 is 0 Å². The van der Waals surface area contributed by atoms with Gasteiger partial charge in [0.05, 0.1) is 12.2 Å². The molecule has 0 radical (unpaired) electrons. The van der Waals surface area contributed by atoms with Gasteiger partial charge >= 0.3 is 0 Å². The fourth-order valence-electron chi connectivity index (χ4n) is 1.03. The first kappa shape index (κ1) is 8.25. The SMILES string of the molecule is Cn1ccc(CNc2nccs2)n1. The average molecular weight is 194 g/mol. The molecule has 0 fully saturated rings. The smallest absolute Gasteiger partial charge is 0.182 e. The van der Waals surface area contributed by atoms with Crippen LogP contribution in [0, 0.1) is 0 Å². The van der Waals surface area contributed by atoms with E-state index in [-0.39, 0.29) is 0 Å². The number of aryl methyl sites for hydroxylation is 1. The number of nitrogens with one attached hydrogen (secondary N) is 1. The maximum Gasteiger partial charge on any atom is 0.182 e. The van der Waals surface area contributed by atoms with Crippen LogP contribution >= 0.6 is 11.3 Å². The van der Waals surface area contributed by atoms with E-state index in [4.69, 9.17) is 0 Å². The molecule has 1 N–H and O–H groups in total. The molecule has 13 heavy (non-hydrogen) atoms. The molecule has 0 aliphatic rings. The highest BCUT2D eigenvalue weighted by Crippen LogP contribution is 2.11. The number of thiazole rings is 1. The van der Waals surface area contributed by atoms with Crippen LogP contribution in [0.2, 0.25) is 0 Å². The fourth-order valence-corrected chi connectivity index (χ4v) is 1.56. The molecule has 0 saturated carbocycles. The quantitative estimate of drug-likeness (QED) is 0.805. The summed E-state index contributed by atoms with van der Waals surface area (Å²) in [4.78, 5) is 4.11. The molecule has 2 heterocycles. The van der Waals surface area contributed by atoms with E-state index in [2.05, 4.69) is 15.4 Å². The molecule has 68 valence electrons. The number of anilines is 1. The molecular formula is C8H10N4S. The highest BCUT2D eigenvalue weighted by atomic mass is 32.1. The molecule has 2 aromatic heterocycles. The molecule has 0 amide bonds. The van der Waals surface area contributed by atoms with Crippen molar-refractivity contribution in [1.82, 2.24) is 14.8 Å². The first-order valence-electron chi connectivity index (χ1n) is 3.96. The van der Waals surface area contributed by atoms with E-state index in [1.165, 1.54) is 0 Å². The Morgan fingerprint density at radius 3 is 3.15 bits per heavy atom. The van der Waals surface area contributed by atoms with Gasteiger partial charge in [-0.2, -0.15) is 5.10 Å². The minimum absolute atomic E-state index is 0.731. The van der Waals surface area contributed by atoms with E-state index in [0.717, 1.165) is 17.4 Å². The predicted octanol–water partition coefficient (Wildman–Crippen LogP) is 1.49. The lowest BCUT2D eigenvalue weighted by Gasteiger charge is -1.97. The normalized spacial score (nSPS) is 10.2. The van der Waals surface area contributed by atoms with Crippen molar-refractivity contribution in [2.75, 3.05) is 5.32 Å². The summed E-state index contributed by atoms with van der Waals surface area (Å²) in [6, 6.07) is 1.99. The van der Waals surface area contributed by atoms with Crippen LogP contribution in [0.15, 0.2) is 23.8 Å². The topological polar surface area (TPSA) is 42.7 Å². The number of aromatic nitrogens is 3. The van der Waals surface area contributed by atoms with E-state index in [1.807, 2.05) is 24.7 Å². The number of hydrogen-bond donors (Lipinski definition) is 1. The third-order valence-electron chi connectivity index (χ3n) is 1.62. The monoisotopic (exact) mass is 194 g/mol. The molecule has 4 nitrogen and oxygen atoms in total. The Morgan fingerprint density at radius 2 is 2.54 bits per heavy atom. The summed E-state index contributed by atoms with van der Waals surface area (Å²) in [5, 5.41) is 10.3. The largest absolute Gasteiger partial charge is 0.356 e. The molecule has 0 spiro atoms. The predicted molar refractivity (Wildman–Crippen MR) is 52.6 cm³/mol. The van der Waals surface area contributed by atoms with E-state index in [1.54, 1.807) is 22.2 Å². The minimum Gasteiger partial charge on any atom is -0.356 e. The lowest BCUT2D eigenvalue weighted by atomic mass is 10.4. The van der Waals surface area contributed by atoms with Gasteiger partial charge in [-0.3, -0.25) is 4.68 Å². The van der Waals surface area contributed by atoms with Crippen LogP contribution in [0.3, 0.4) is 0 Å². The average Bonchev–Trinajstić information content (AvgIpc) is 2.71. The lowest BCUT2D eigenvalue weighted by Crippen LogP contribution is -2.00. The Bertz CT molecular complexity index is 365. The molecule has 0 bridgehead atoms. The van der Waals surface area contributed by atoms with Crippen molar-refractivity contribution >= 4 is 16.5 Å². The molecule has 2 aromatic rings. The number of nitrogens with zero attached hydrogens (tertiary/aromatic N) is 3. The van der Waals surface area contributed by atoms with Gasteiger partial charge in [0.2, 0.25) is 0 Å². The van der Waals surface area contributed by atoms with Gasteiger partial charge in [0.1, 0.15) is 0 Å². The maximum absolute atomic E-state index is 4.24. The van der Waals surface area contributed by atoms with Crippen LogP contribution in [0.1, 0.15) is 5.69 Å². The summed E-state index contributed by atoms with van der Waals surface area (Å²) in [6.07, 6.45) is 3.71. The van der Waals surface area contributed by atoms with Crippen molar-refractivity contribution in [3.8, 4) is 0 Å². The first-order chi connectivity index (χ1) is 6.34. The van der Waals surface area contributed by atoms with Gasteiger partial charge in [-0.05, 0) is 6.07 Å². The standard InChI is InChI=1S/C8H10N4S/c1-12-4-2-7(11-12)6-10-8-9-3-5-13-8/h2-5H,6H2,1H3,(H,9,10). The molecular weight excluding hydrogens is 184 g/mol. The highest BCUT2D eigenvalue weighted by Gasteiger charge is 1.97. The summed E-state index contributed by atoms with van der Waals surface area (Å²) >= 11 is 1.59. The lowest BCUT2D eigenvalue weighted by molar-refractivity contribution is 0.747. The van der Waals surface area contributed by atoms with Gasteiger partial charge in [0.25, 0.3) is 0 Å². The van der Waals surface area contributed by atoms with Gasteiger partial charge in [-0.1, -0.05) is 0 Å². The maximum atomic E-state index is 4.24. The van der Waals surface area contributed by atoms with Crippen LogP contribution in [0.5, 0.6) is 0 Å². The van der Waals surface area contributed by atoms with E-state index in [9.17, 15) is 0 Å². The van der Waals surface area contributed by atoms with Crippen molar-refractivity contribution in [1.29, 1.82) is 0 Å². The van der Waals surface area contributed by atoms with Crippen LogP contribution < -0.4 is 5.32 Å². The molecule has 0 atom stereocenters. The van der Waals surface area contributed by atoms with Gasteiger partial charge in [-0.25, -0.2) is 4.98 Å². The first-order valence-corrected chi connectivity index (χ1v) is 4.84. The molecule has 0 unspecified atom stereocenters. The van der Waals surface area contributed by atoms with E-state index in [0.29, 0.717) is 0 Å². The Kier molecular flexibility index (Phi) is 2.27. The third-order valence-corrected chi connectivity index (χ3v) is 2.35. The second-order valence-electron chi connectivity index (χ2n) is 2.67. The van der Waals surface area contributed by atoms with Crippen LogP contribution in [-0.2, 0) is 13.6 Å². The second kappa shape index (κ2) is 3.57. The van der Waals surface area contributed by atoms with Crippen molar-refractivity contribution in [2.45, 2.75) is 6.54 Å². The fraction of sp³-hybridized carbons (Fsp3) is 0.250. The molecule has 0 aromatic carbocycles. The van der Waals surface area contributed by atoms with Crippen molar-refractivity contribution in [3.05, 3.63) is 29.5 Å². The summed E-state index contributed by atoms with van der Waals surface area (Å²) < 4.78 is 1.79. The van der Waals surface area contributed by atoms with Crippen molar-refractivity contribution in [3.63, 3.8) is 0 Å². The van der Waals surface area contributed by atoms with Gasteiger partial charge < -0.3 is 5.32 Å². The summed E-state index contributed by atoms with van der Waals surface area (Å²) in [5.74, 6) is 0. The summed E-state index contributed by atoms with van der Waals surface area (Å²) in [5.41, 5.74) is 1.03. The molecule has 0 aliphatic heterocycles. The van der Waals surface area contributed by atoms with Crippen LogP contribution in [-0.4, -0.2) is 14.8 Å².